The predicted molar refractivity (Wildman–Crippen MR) is 113 cm³/mol. The normalized spacial score (nSPS) is 13.4. The molecule has 0 aliphatic heterocycles. The first kappa shape index (κ1) is 20.2. The third-order valence-corrected chi connectivity index (χ3v) is 6.87. The number of nitrogens with one attached hydrogen (secondary N) is 1. The fourth-order valence-electron chi connectivity index (χ4n) is 2.69. The number of thioether (sulfide) groups is 3. The van der Waals surface area contributed by atoms with Gasteiger partial charge in [-0.15, -0.1) is 23.5 Å². The summed E-state index contributed by atoms with van der Waals surface area (Å²) in [5, 5.41) is 6.64. The van der Waals surface area contributed by atoms with Crippen LogP contribution in [0.4, 0.5) is 0 Å². The van der Waals surface area contributed by atoms with Crippen molar-refractivity contribution in [3.63, 3.8) is 0 Å². The number of aromatic amines is 1. The minimum absolute atomic E-state index is 0.0105. The number of allylic oxidation sites excluding steroid dienone is 1. The van der Waals surface area contributed by atoms with Gasteiger partial charge < -0.3 is 0 Å². The lowest BCUT2D eigenvalue weighted by atomic mass is 9.97. The van der Waals surface area contributed by atoms with E-state index in [0.717, 1.165) is 17.1 Å². The number of pyridine rings is 1. The number of H-pyrrole nitrogens is 1. The van der Waals surface area contributed by atoms with Gasteiger partial charge in [-0.3, -0.25) is 14.7 Å². The number of aromatic nitrogens is 4. The van der Waals surface area contributed by atoms with Crippen molar-refractivity contribution in [3.05, 3.63) is 39.5 Å². The molecule has 0 amide bonds. The van der Waals surface area contributed by atoms with Gasteiger partial charge in [-0.05, 0) is 43.7 Å². The molecule has 0 aromatic carbocycles. The van der Waals surface area contributed by atoms with Crippen molar-refractivity contribution < 1.29 is 9.59 Å². The molecule has 1 N–H and O–H groups in total. The van der Waals surface area contributed by atoms with Crippen molar-refractivity contribution >= 4 is 46.9 Å². The van der Waals surface area contributed by atoms with Crippen LogP contribution in [-0.2, 0) is 10.5 Å². The van der Waals surface area contributed by atoms with E-state index in [4.69, 9.17) is 0 Å². The number of carbonyl (C=O) groups is 2. The molecule has 0 radical (unpaired) electrons. The zero-order valence-corrected chi connectivity index (χ0v) is 17.8. The molecule has 6 nitrogen and oxygen atoms in total. The van der Waals surface area contributed by atoms with Gasteiger partial charge in [-0.25, -0.2) is 9.97 Å². The maximum atomic E-state index is 13.4. The molecule has 0 bridgehead atoms. The Balaban J connectivity index is 2.05. The molecule has 9 heteroatoms. The highest BCUT2D eigenvalue weighted by molar-refractivity contribution is 8.21. The Hall–Kier alpha value is -1.58. The second-order valence-corrected chi connectivity index (χ2v) is 8.75. The van der Waals surface area contributed by atoms with Gasteiger partial charge in [0.25, 0.3) is 0 Å². The summed E-state index contributed by atoms with van der Waals surface area (Å²) in [6.07, 6.45) is 8.90. The van der Waals surface area contributed by atoms with Crippen LogP contribution in [0, 0.1) is 5.92 Å². The quantitative estimate of drug-likeness (QED) is 0.283. The maximum Gasteiger partial charge on any atom is 0.200 e. The van der Waals surface area contributed by atoms with E-state index in [2.05, 4.69) is 20.2 Å². The number of nitrogens with zero attached hydrogens (tertiary/aromatic N) is 3. The Morgan fingerprint density at radius 1 is 1.19 bits per heavy atom. The molecule has 1 saturated carbocycles. The van der Waals surface area contributed by atoms with Gasteiger partial charge in [-0.2, -0.15) is 16.9 Å². The first-order valence-corrected chi connectivity index (χ1v) is 12.2. The average Bonchev–Trinajstić information content (AvgIpc) is 3.39. The molecule has 0 atom stereocenters. The molecular formula is C18H20N4O2S3. The van der Waals surface area contributed by atoms with Crippen LogP contribution in [0.15, 0.2) is 28.3 Å². The summed E-state index contributed by atoms with van der Waals surface area (Å²) >= 11 is 4.47. The fraction of sp³-hybridized carbons (Fsp3) is 0.389. The van der Waals surface area contributed by atoms with E-state index in [-0.39, 0.29) is 17.5 Å². The van der Waals surface area contributed by atoms with Crippen molar-refractivity contribution in [2.45, 2.75) is 18.6 Å². The van der Waals surface area contributed by atoms with Gasteiger partial charge in [0, 0.05) is 17.2 Å². The first-order valence-electron chi connectivity index (χ1n) is 8.36. The van der Waals surface area contributed by atoms with E-state index in [0.29, 0.717) is 34.1 Å². The van der Waals surface area contributed by atoms with E-state index in [1.807, 2.05) is 18.8 Å². The molecule has 2 aromatic heterocycles. The summed E-state index contributed by atoms with van der Waals surface area (Å²) in [6.45, 7) is 0. The monoisotopic (exact) mass is 420 g/mol. The Morgan fingerprint density at radius 3 is 2.48 bits per heavy atom. The van der Waals surface area contributed by atoms with E-state index >= 15 is 0 Å². The van der Waals surface area contributed by atoms with Crippen LogP contribution in [0.3, 0.4) is 0 Å². The summed E-state index contributed by atoms with van der Waals surface area (Å²) in [6, 6.07) is 3.49. The fourth-order valence-corrected chi connectivity index (χ4v) is 4.65. The number of ketones is 2. The summed E-state index contributed by atoms with van der Waals surface area (Å²) in [7, 11) is 0. The third kappa shape index (κ3) is 4.47. The molecule has 2 aromatic rings. The number of carbonyl (C=O) groups excluding carboxylic acids is 2. The molecular weight excluding hydrogens is 400 g/mol. The zero-order valence-electron chi connectivity index (χ0n) is 15.3. The topological polar surface area (TPSA) is 88.6 Å². The standard InChI is InChI=1S/C18H20N4O2S3/c1-25-8-13-11(6-7-12(21-13)17-19-9-20-22-17)16(24)14(18(26-2)27-3)15(23)10-4-5-10/h6-7,9-10H,4-5,8H2,1-3H3,(H,19,20,22). The minimum atomic E-state index is -0.230. The highest BCUT2D eigenvalue weighted by atomic mass is 32.2. The smallest absolute Gasteiger partial charge is 0.200 e. The van der Waals surface area contributed by atoms with Crippen LogP contribution in [0.1, 0.15) is 28.9 Å². The van der Waals surface area contributed by atoms with Gasteiger partial charge in [0.05, 0.1) is 15.5 Å². The maximum absolute atomic E-state index is 13.4. The lowest BCUT2D eigenvalue weighted by molar-refractivity contribution is -0.116. The van der Waals surface area contributed by atoms with Crippen molar-refractivity contribution in [2.24, 2.45) is 5.92 Å². The lowest BCUT2D eigenvalue weighted by Crippen LogP contribution is -2.18. The van der Waals surface area contributed by atoms with Crippen LogP contribution in [0.25, 0.3) is 11.5 Å². The molecule has 2 heterocycles. The molecule has 1 aliphatic rings. The van der Waals surface area contributed by atoms with Crippen molar-refractivity contribution in [1.29, 1.82) is 0 Å². The highest BCUT2D eigenvalue weighted by Crippen LogP contribution is 2.38. The molecule has 1 fully saturated rings. The van der Waals surface area contributed by atoms with Crippen LogP contribution >= 0.6 is 35.3 Å². The SMILES string of the molecule is CSCc1nc(-c2ncn[nH]2)ccc1C(=O)C(C(=O)C1CC1)=C(SC)SC. The molecule has 0 unspecified atom stereocenters. The number of rotatable bonds is 9. The van der Waals surface area contributed by atoms with Crippen molar-refractivity contribution in [2.75, 3.05) is 18.8 Å². The van der Waals surface area contributed by atoms with E-state index in [1.165, 1.54) is 29.9 Å². The lowest BCUT2D eigenvalue weighted by Gasteiger charge is -2.13. The van der Waals surface area contributed by atoms with Crippen LogP contribution in [0.5, 0.6) is 0 Å². The molecule has 0 saturated heterocycles. The average molecular weight is 421 g/mol. The number of hydrogen-bond donors (Lipinski definition) is 1. The van der Waals surface area contributed by atoms with Gasteiger partial charge >= 0.3 is 0 Å². The molecule has 3 rings (SSSR count). The van der Waals surface area contributed by atoms with Gasteiger partial charge in [0.2, 0.25) is 0 Å². The minimum Gasteiger partial charge on any atom is -0.294 e. The Morgan fingerprint density at radius 2 is 1.93 bits per heavy atom. The van der Waals surface area contributed by atoms with Crippen LogP contribution in [-0.4, -0.2) is 50.5 Å². The number of hydrogen-bond acceptors (Lipinski definition) is 8. The third-order valence-electron chi connectivity index (χ3n) is 4.15. The second kappa shape index (κ2) is 9.07. The molecule has 0 spiro atoms. The van der Waals surface area contributed by atoms with Gasteiger partial charge in [0.15, 0.2) is 17.4 Å². The summed E-state index contributed by atoms with van der Waals surface area (Å²) in [5.41, 5.74) is 2.08. The van der Waals surface area contributed by atoms with Gasteiger partial charge in [0.1, 0.15) is 12.0 Å². The summed E-state index contributed by atoms with van der Waals surface area (Å²) in [5.74, 6) is 0.847. The van der Waals surface area contributed by atoms with Crippen molar-refractivity contribution in [3.8, 4) is 11.5 Å². The largest absolute Gasteiger partial charge is 0.294 e. The Kier molecular flexibility index (Phi) is 6.78. The van der Waals surface area contributed by atoms with E-state index in [9.17, 15) is 9.59 Å². The molecule has 1 aliphatic carbocycles. The van der Waals surface area contributed by atoms with Gasteiger partial charge in [-0.1, -0.05) is 0 Å². The van der Waals surface area contributed by atoms with Crippen molar-refractivity contribution in [1.82, 2.24) is 20.2 Å². The summed E-state index contributed by atoms with van der Waals surface area (Å²) < 4.78 is 0.770. The Bertz CT molecular complexity index is 871. The first-order chi connectivity index (χ1) is 13.1. The Labute approximate surface area is 170 Å². The number of Topliss-reactive ketones (excluding diaryl/α,β-unsaturated/α-hetero) is 2. The predicted octanol–water partition coefficient (Wildman–Crippen LogP) is 3.83. The summed E-state index contributed by atoms with van der Waals surface area (Å²) in [4.78, 5) is 35.0. The zero-order chi connectivity index (χ0) is 19.4. The van der Waals surface area contributed by atoms with Crippen LogP contribution in [0.2, 0.25) is 0 Å². The van der Waals surface area contributed by atoms with E-state index < -0.39 is 0 Å². The molecule has 27 heavy (non-hydrogen) atoms. The van der Waals surface area contributed by atoms with Crippen LogP contribution < -0.4 is 0 Å². The second-order valence-electron chi connectivity index (χ2n) is 6.00. The van der Waals surface area contributed by atoms with E-state index in [1.54, 1.807) is 23.9 Å². The highest BCUT2D eigenvalue weighted by Gasteiger charge is 2.37. The molecule has 142 valence electrons.